The van der Waals surface area contributed by atoms with E-state index >= 15 is 0 Å². The standard InChI is InChI=1S/C17H27N3O2S/c1-3-16(19-23(21,22)15-10-18-20(2)11-15)17-7-12-4-13(8-17)6-14(5-12)9-17/h10-14,16,19H,3-9H2,1-2H3. The summed E-state index contributed by atoms with van der Waals surface area (Å²) >= 11 is 0. The summed E-state index contributed by atoms with van der Waals surface area (Å²) in [5.74, 6) is 2.49. The van der Waals surface area contributed by atoms with Crippen molar-refractivity contribution in [2.75, 3.05) is 0 Å². The van der Waals surface area contributed by atoms with E-state index in [2.05, 4.69) is 16.7 Å². The summed E-state index contributed by atoms with van der Waals surface area (Å²) < 4.78 is 30.1. The summed E-state index contributed by atoms with van der Waals surface area (Å²) in [6, 6.07) is 0.0566. The van der Waals surface area contributed by atoms with E-state index in [4.69, 9.17) is 0 Å². The molecule has 1 unspecified atom stereocenters. The molecule has 4 saturated carbocycles. The van der Waals surface area contributed by atoms with Crippen LogP contribution in [0.15, 0.2) is 17.3 Å². The minimum absolute atomic E-state index is 0.0566. The SMILES string of the molecule is CCC(NS(=O)(=O)c1cnn(C)c1)C12CC3CC(CC(C3)C1)C2. The van der Waals surface area contributed by atoms with Crippen LogP contribution in [0.25, 0.3) is 0 Å². The molecule has 4 fully saturated rings. The highest BCUT2D eigenvalue weighted by Gasteiger charge is 2.54. The first-order valence-corrected chi connectivity index (χ1v) is 10.4. The second kappa shape index (κ2) is 5.31. The van der Waals surface area contributed by atoms with Crippen molar-refractivity contribution in [3.63, 3.8) is 0 Å². The maximum absolute atomic E-state index is 12.7. The van der Waals surface area contributed by atoms with Crippen LogP contribution in [-0.2, 0) is 17.1 Å². The maximum atomic E-state index is 12.7. The first kappa shape index (κ1) is 15.6. The average Bonchev–Trinajstić information content (AvgIpc) is 2.91. The van der Waals surface area contributed by atoms with Crippen LogP contribution in [0.2, 0.25) is 0 Å². The zero-order valence-corrected chi connectivity index (χ0v) is 14.8. The van der Waals surface area contributed by atoms with Gasteiger partial charge in [-0.1, -0.05) is 6.92 Å². The Morgan fingerprint density at radius 2 is 1.83 bits per heavy atom. The van der Waals surface area contributed by atoms with Gasteiger partial charge in [0.2, 0.25) is 10.0 Å². The van der Waals surface area contributed by atoms with Crippen LogP contribution in [0.1, 0.15) is 51.9 Å². The lowest BCUT2D eigenvalue weighted by Crippen LogP contribution is -2.56. The molecule has 128 valence electrons. The third-order valence-corrected chi connectivity index (χ3v) is 7.95. The van der Waals surface area contributed by atoms with Crippen LogP contribution in [0.3, 0.4) is 0 Å². The van der Waals surface area contributed by atoms with Crippen molar-refractivity contribution in [2.45, 2.75) is 62.8 Å². The van der Waals surface area contributed by atoms with Gasteiger partial charge in [0.1, 0.15) is 4.90 Å². The molecule has 0 aliphatic heterocycles. The molecule has 1 N–H and O–H groups in total. The van der Waals surface area contributed by atoms with E-state index in [9.17, 15) is 8.42 Å². The summed E-state index contributed by atoms with van der Waals surface area (Å²) in [6.45, 7) is 2.12. The monoisotopic (exact) mass is 337 g/mol. The van der Waals surface area contributed by atoms with E-state index in [1.54, 1.807) is 17.9 Å². The fraction of sp³-hybridized carbons (Fsp3) is 0.824. The van der Waals surface area contributed by atoms with Crippen LogP contribution in [0, 0.1) is 23.2 Å². The predicted molar refractivity (Wildman–Crippen MR) is 88.2 cm³/mol. The van der Waals surface area contributed by atoms with Crippen LogP contribution >= 0.6 is 0 Å². The van der Waals surface area contributed by atoms with E-state index in [-0.39, 0.29) is 16.4 Å². The van der Waals surface area contributed by atoms with Crippen molar-refractivity contribution >= 4 is 10.0 Å². The Hall–Kier alpha value is -0.880. The molecule has 1 aromatic heterocycles. The quantitative estimate of drug-likeness (QED) is 0.898. The van der Waals surface area contributed by atoms with E-state index in [0.29, 0.717) is 0 Å². The third kappa shape index (κ3) is 2.64. The largest absolute Gasteiger partial charge is 0.274 e. The van der Waals surface area contributed by atoms with E-state index in [0.717, 1.165) is 24.2 Å². The van der Waals surface area contributed by atoms with Gasteiger partial charge < -0.3 is 0 Å². The summed E-state index contributed by atoms with van der Waals surface area (Å²) in [6.07, 6.45) is 11.7. The van der Waals surface area contributed by atoms with Gasteiger partial charge in [-0.2, -0.15) is 5.10 Å². The van der Waals surface area contributed by atoms with Gasteiger partial charge in [0.05, 0.1) is 6.20 Å². The Balaban J connectivity index is 1.59. The Morgan fingerprint density at radius 3 is 2.26 bits per heavy atom. The number of hydrogen-bond donors (Lipinski definition) is 1. The molecule has 1 aromatic rings. The van der Waals surface area contributed by atoms with Crippen LogP contribution < -0.4 is 4.72 Å². The lowest BCUT2D eigenvalue weighted by molar-refractivity contribution is -0.0704. The summed E-state index contributed by atoms with van der Waals surface area (Å²) in [5.41, 5.74) is 0.193. The van der Waals surface area contributed by atoms with E-state index in [1.807, 2.05) is 0 Å². The molecular formula is C17H27N3O2S. The minimum Gasteiger partial charge on any atom is -0.274 e. The normalized spacial score (nSPS) is 37.2. The van der Waals surface area contributed by atoms with Gasteiger partial charge in [0.25, 0.3) is 0 Å². The van der Waals surface area contributed by atoms with Crippen LogP contribution in [-0.4, -0.2) is 24.2 Å². The molecule has 4 aliphatic rings. The number of aryl methyl sites for hydroxylation is 1. The molecular weight excluding hydrogens is 310 g/mol. The number of hydrogen-bond acceptors (Lipinski definition) is 3. The Bertz CT molecular complexity index is 659. The number of sulfonamides is 1. The zero-order chi connectivity index (χ0) is 16.2. The fourth-order valence-corrected chi connectivity index (χ4v) is 7.44. The molecule has 0 aromatic carbocycles. The van der Waals surface area contributed by atoms with Crippen molar-refractivity contribution in [3.8, 4) is 0 Å². The lowest BCUT2D eigenvalue weighted by Gasteiger charge is -2.59. The second-order valence-corrected chi connectivity index (χ2v) is 9.93. The molecule has 6 heteroatoms. The number of nitrogens with zero attached hydrogens (tertiary/aromatic N) is 2. The first-order chi connectivity index (χ1) is 10.9. The predicted octanol–water partition coefficient (Wildman–Crippen LogP) is 2.69. The fourth-order valence-electron chi connectivity index (χ4n) is 6.04. The Kier molecular flexibility index (Phi) is 3.61. The summed E-state index contributed by atoms with van der Waals surface area (Å²) in [4.78, 5) is 0.281. The van der Waals surface area contributed by atoms with Gasteiger partial charge >= 0.3 is 0 Å². The van der Waals surface area contributed by atoms with Gasteiger partial charge in [0, 0.05) is 19.3 Å². The van der Waals surface area contributed by atoms with Gasteiger partial charge in [-0.15, -0.1) is 0 Å². The van der Waals surface area contributed by atoms with Crippen molar-refractivity contribution in [1.82, 2.24) is 14.5 Å². The minimum atomic E-state index is -3.48. The molecule has 23 heavy (non-hydrogen) atoms. The summed E-state index contributed by atoms with van der Waals surface area (Å²) in [5, 5.41) is 4.01. The Morgan fingerprint density at radius 1 is 1.26 bits per heavy atom. The van der Waals surface area contributed by atoms with Gasteiger partial charge in [0.15, 0.2) is 0 Å². The van der Waals surface area contributed by atoms with E-state index < -0.39 is 10.0 Å². The van der Waals surface area contributed by atoms with Gasteiger partial charge in [-0.25, -0.2) is 13.1 Å². The highest BCUT2D eigenvalue weighted by atomic mass is 32.2. The number of nitrogens with one attached hydrogen (secondary N) is 1. The van der Waals surface area contributed by atoms with Gasteiger partial charge in [-0.05, 0) is 68.1 Å². The molecule has 1 atom stereocenters. The molecule has 1 heterocycles. The average molecular weight is 337 g/mol. The lowest BCUT2D eigenvalue weighted by atomic mass is 9.47. The molecule has 0 amide bonds. The van der Waals surface area contributed by atoms with Crippen molar-refractivity contribution in [3.05, 3.63) is 12.4 Å². The van der Waals surface area contributed by atoms with E-state index in [1.165, 1.54) is 44.7 Å². The molecule has 0 spiro atoms. The van der Waals surface area contributed by atoms with Crippen LogP contribution in [0.4, 0.5) is 0 Å². The molecule has 5 rings (SSSR count). The second-order valence-electron chi connectivity index (χ2n) is 8.21. The topological polar surface area (TPSA) is 64.0 Å². The highest BCUT2D eigenvalue weighted by molar-refractivity contribution is 7.89. The Labute approximate surface area is 138 Å². The molecule has 4 aliphatic carbocycles. The van der Waals surface area contributed by atoms with Gasteiger partial charge in [-0.3, -0.25) is 4.68 Å². The molecule has 0 saturated heterocycles. The first-order valence-electron chi connectivity index (χ1n) is 8.91. The highest BCUT2D eigenvalue weighted by Crippen LogP contribution is 2.61. The summed E-state index contributed by atoms with van der Waals surface area (Å²) in [7, 11) is -1.73. The van der Waals surface area contributed by atoms with Crippen LogP contribution in [0.5, 0.6) is 0 Å². The molecule has 5 nitrogen and oxygen atoms in total. The third-order valence-electron chi connectivity index (χ3n) is 6.52. The maximum Gasteiger partial charge on any atom is 0.243 e. The van der Waals surface area contributed by atoms with Crippen molar-refractivity contribution < 1.29 is 8.42 Å². The smallest absolute Gasteiger partial charge is 0.243 e. The van der Waals surface area contributed by atoms with Crippen molar-refractivity contribution in [2.24, 2.45) is 30.2 Å². The van der Waals surface area contributed by atoms with Crippen molar-refractivity contribution in [1.29, 1.82) is 0 Å². The zero-order valence-electron chi connectivity index (χ0n) is 14.0. The number of aromatic nitrogens is 2. The molecule has 0 radical (unpaired) electrons. The molecule has 4 bridgehead atoms. The number of rotatable bonds is 5.